The molecule has 3 heterocycles. The van der Waals surface area contributed by atoms with Gasteiger partial charge in [-0.15, -0.1) is 5.10 Å². The van der Waals surface area contributed by atoms with E-state index in [1.165, 1.54) is 0 Å². The fourth-order valence-electron chi connectivity index (χ4n) is 3.85. The van der Waals surface area contributed by atoms with Crippen LogP contribution in [0, 0.1) is 0 Å². The summed E-state index contributed by atoms with van der Waals surface area (Å²) in [5.41, 5.74) is 0.759. The number of hydrogen-bond donors (Lipinski definition) is 1. The van der Waals surface area contributed by atoms with Crippen molar-refractivity contribution in [3.8, 4) is 17.0 Å². The number of carbonyl (C=O) groups is 1. The Hall–Kier alpha value is -3.57. The zero-order valence-electron chi connectivity index (χ0n) is 17.4. The molecule has 0 atom stereocenters. The molecule has 12 heteroatoms. The molecule has 1 N–H and O–H groups in total. The van der Waals surface area contributed by atoms with Crippen LogP contribution in [0.1, 0.15) is 35.2 Å². The van der Waals surface area contributed by atoms with E-state index in [-0.39, 0.29) is 19.0 Å². The van der Waals surface area contributed by atoms with Gasteiger partial charge < -0.3 is 9.64 Å². The first-order chi connectivity index (χ1) is 15.2. The Labute approximate surface area is 180 Å². The predicted octanol–water partition coefficient (Wildman–Crippen LogP) is 2.48. The number of methoxy groups -OCH3 is 1. The van der Waals surface area contributed by atoms with Gasteiger partial charge in [-0.3, -0.25) is 14.5 Å². The first kappa shape index (κ1) is 21.7. The van der Waals surface area contributed by atoms with Gasteiger partial charge in [0.15, 0.2) is 0 Å². The van der Waals surface area contributed by atoms with Crippen molar-refractivity contribution in [2.75, 3.05) is 20.2 Å². The number of benzene rings is 1. The summed E-state index contributed by atoms with van der Waals surface area (Å²) in [6.45, 7) is 0.549. The number of para-hydroxylation sites is 1. The lowest BCUT2D eigenvalue weighted by atomic mass is 10.0. The van der Waals surface area contributed by atoms with Gasteiger partial charge in [-0.05, 0) is 31.0 Å². The summed E-state index contributed by atoms with van der Waals surface area (Å²) in [6.07, 6.45) is -4.09. The smallest absolute Gasteiger partial charge is 0.451 e. The highest BCUT2D eigenvalue weighted by molar-refractivity contribution is 5.93. The molecule has 1 saturated heterocycles. The normalized spacial score (nSPS) is 15.2. The predicted molar refractivity (Wildman–Crippen MR) is 107 cm³/mol. The molecule has 0 spiro atoms. The molecule has 170 valence electrons. The summed E-state index contributed by atoms with van der Waals surface area (Å²) >= 11 is 0. The number of rotatable bonds is 4. The van der Waals surface area contributed by atoms with Crippen LogP contribution in [-0.2, 0) is 13.2 Å². The number of nitrogens with zero attached hydrogens (tertiary/aromatic N) is 5. The summed E-state index contributed by atoms with van der Waals surface area (Å²) in [5, 5.41) is 10.4. The van der Waals surface area contributed by atoms with Crippen LogP contribution >= 0.6 is 0 Å². The number of alkyl halides is 3. The van der Waals surface area contributed by atoms with E-state index in [2.05, 4.69) is 15.3 Å². The van der Waals surface area contributed by atoms with E-state index in [1.807, 2.05) is 18.2 Å². The van der Waals surface area contributed by atoms with Crippen molar-refractivity contribution in [2.45, 2.75) is 25.1 Å². The van der Waals surface area contributed by atoms with E-state index >= 15 is 0 Å². The minimum Gasteiger partial charge on any atom is -0.496 e. The maximum absolute atomic E-state index is 13.0. The van der Waals surface area contributed by atoms with E-state index in [0.29, 0.717) is 34.5 Å². The summed E-state index contributed by atoms with van der Waals surface area (Å²) in [5.74, 6) is -0.887. The molecule has 4 rings (SSSR count). The Balaban J connectivity index is 1.46. The fourth-order valence-corrected chi connectivity index (χ4v) is 3.85. The van der Waals surface area contributed by atoms with Crippen LogP contribution < -0.4 is 10.4 Å². The third-order valence-corrected chi connectivity index (χ3v) is 5.55. The maximum atomic E-state index is 13.0. The van der Waals surface area contributed by atoms with Crippen LogP contribution in [0.3, 0.4) is 0 Å². The first-order valence-electron chi connectivity index (χ1n) is 9.91. The summed E-state index contributed by atoms with van der Waals surface area (Å²) in [4.78, 5) is 26.7. The lowest BCUT2D eigenvalue weighted by molar-refractivity contribution is -0.147. The molecule has 0 aliphatic carbocycles. The molecule has 2 aromatic heterocycles. The quantitative estimate of drug-likeness (QED) is 0.659. The second kappa shape index (κ2) is 8.17. The molecule has 0 unspecified atom stereocenters. The highest BCUT2D eigenvalue weighted by atomic mass is 19.4. The molecule has 1 fully saturated rings. The molecule has 1 amide bonds. The van der Waals surface area contributed by atoms with Gasteiger partial charge in [-0.2, -0.15) is 18.3 Å². The number of likely N-dealkylation sites (tertiary alicyclic amines) is 1. The van der Waals surface area contributed by atoms with Crippen LogP contribution in [0.15, 0.2) is 35.1 Å². The zero-order chi connectivity index (χ0) is 23.0. The van der Waals surface area contributed by atoms with Crippen LogP contribution in [-0.4, -0.2) is 55.6 Å². The Morgan fingerprint density at radius 2 is 1.91 bits per heavy atom. The molecule has 9 nitrogen and oxygen atoms in total. The van der Waals surface area contributed by atoms with Gasteiger partial charge in [-0.25, -0.2) is 9.48 Å². The van der Waals surface area contributed by atoms with E-state index in [9.17, 15) is 22.8 Å². The van der Waals surface area contributed by atoms with Gasteiger partial charge in [-0.1, -0.05) is 12.1 Å². The van der Waals surface area contributed by atoms with E-state index < -0.39 is 23.7 Å². The SMILES string of the molecule is COc1ccccc1-c1cc(C(=O)N2CCC(n3nc(C(F)(F)F)n(C)c3=O)CC2)[nH]n1. The van der Waals surface area contributed by atoms with Crippen molar-refractivity contribution in [3.63, 3.8) is 0 Å². The third-order valence-electron chi connectivity index (χ3n) is 5.55. The lowest BCUT2D eigenvalue weighted by Crippen LogP contribution is -2.41. The number of nitrogens with one attached hydrogen (secondary N) is 1. The monoisotopic (exact) mass is 450 g/mol. The average Bonchev–Trinajstić information content (AvgIpc) is 3.39. The molecule has 1 aromatic carbocycles. The van der Waals surface area contributed by atoms with Crippen LogP contribution in [0.25, 0.3) is 11.3 Å². The number of ether oxygens (including phenoxy) is 1. The van der Waals surface area contributed by atoms with E-state index in [4.69, 9.17) is 4.74 Å². The highest BCUT2D eigenvalue weighted by Gasteiger charge is 2.39. The molecule has 1 aliphatic heterocycles. The molecule has 0 radical (unpaired) electrons. The van der Waals surface area contributed by atoms with Gasteiger partial charge in [0.25, 0.3) is 5.91 Å². The van der Waals surface area contributed by atoms with Crippen molar-refractivity contribution in [2.24, 2.45) is 7.05 Å². The molecule has 0 saturated carbocycles. The molecule has 1 aliphatic rings. The molecular weight excluding hydrogens is 429 g/mol. The fraction of sp³-hybridized carbons (Fsp3) is 0.400. The van der Waals surface area contributed by atoms with Crippen molar-refractivity contribution >= 4 is 5.91 Å². The first-order valence-corrected chi connectivity index (χ1v) is 9.91. The summed E-state index contributed by atoms with van der Waals surface area (Å²) in [7, 11) is 2.59. The van der Waals surface area contributed by atoms with Gasteiger partial charge in [0, 0.05) is 25.7 Å². The number of amides is 1. The van der Waals surface area contributed by atoms with Gasteiger partial charge in [0.2, 0.25) is 5.82 Å². The maximum Gasteiger partial charge on any atom is 0.451 e. The topological polar surface area (TPSA) is 98.0 Å². The standard InChI is InChI=1S/C20H21F3N6O3/c1-27-18(20(21,22)23)26-29(19(27)31)12-7-9-28(10-8-12)17(30)15-11-14(24-25-15)13-5-3-4-6-16(13)32-2/h3-6,11-12H,7-10H2,1-2H3,(H,24,25). The van der Waals surface area contributed by atoms with E-state index in [1.54, 1.807) is 24.1 Å². The Morgan fingerprint density at radius 1 is 1.22 bits per heavy atom. The van der Waals surface area contributed by atoms with Crippen LogP contribution in [0.5, 0.6) is 5.75 Å². The number of halogens is 3. The van der Waals surface area contributed by atoms with Gasteiger partial charge in [0.05, 0.1) is 18.8 Å². The number of aromatic amines is 1. The summed E-state index contributed by atoms with van der Waals surface area (Å²) in [6, 6.07) is 8.40. The van der Waals surface area contributed by atoms with Crippen molar-refractivity contribution in [3.05, 3.63) is 52.3 Å². The molecule has 32 heavy (non-hydrogen) atoms. The Morgan fingerprint density at radius 3 is 2.53 bits per heavy atom. The number of hydrogen-bond acceptors (Lipinski definition) is 5. The Bertz CT molecular complexity index is 1190. The zero-order valence-corrected chi connectivity index (χ0v) is 17.4. The Kier molecular flexibility index (Phi) is 5.53. The second-order valence-electron chi connectivity index (χ2n) is 7.50. The van der Waals surface area contributed by atoms with Crippen molar-refractivity contribution in [1.82, 2.24) is 29.4 Å². The van der Waals surface area contributed by atoms with Gasteiger partial charge in [0.1, 0.15) is 11.4 Å². The van der Waals surface area contributed by atoms with Crippen molar-refractivity contribution < 1.29 is 22.7 Å². The number of carbonyl (C=O) groups excluding carboxylic acids is 1. The highest BCUT2D eigenvalue weighted by Crippen LogP contribution is 2.30. The number of aromatic nitrogens is 5. The molecule has 0 bridgehead atoms. The molecule has 3 aromatic rings. The average molecular weight is 450 g/mol. The second-order valence-corrected chi connectivity index (χ2v) is 7.50. The van der Waals surface area contributed by atoms with Crippen LogP contribution in [0.4, 0.5) is 13.2 Å². The van der Waals surface area contributed by atoms with Crippen molar-refractivity contribution in [1.29, 1.82) is 0 Å². The van der Waals surface area contributed by atoms with Gasteiger partial charge >= 0.3 is 11.9 Å². The lowest BCUT2D eigenvalue weighted by Gasteiger charge is -2.31. The van der Waals surface area contributed by atoms with E-state index in [0.717, 1.165) is 17.3 Å². The molecular formula is C20H21F3N6O3. The largest absolute Gasteiger partial charge is 0.496 e. The van der Waals surface area contributed by atoms with Crippen LogP contribution in [0.2, 0.25) is 0 Å². The summed E-state index contributed by atoms with van der Waals surface area (Å²) < 4.78 is 45.8. The number of H-pyrrole nitrogens is 1. The third kappa shape index (κ3) is 3.87. The minimum atomic E-state index is -4.71. The minimum absolute atomic E-state index is 0.275. The number of piperidine rings is 1.